The van der Waals surface area contributed by atoms with Crippen molar-refractivity contribution in [3.05, 3.63) is 0 Å². The molecule has 1 rings (SSSR count). The van der Waals surface area contributed by atoms with Crippen molar-refractivity contribution in [3.8, 4) is 0 Å². The first-order valence-corrected chi connectivity index (χ1v) is 3.28. The van der Waals surface area contributed by atoms with Gasteiger partial charge in [0.2, 0.25) is 12.2 Å². The first-order chi connectivity index (χ1) is 5.14. The monoisotopic (exact) mass is 152 g/mol. The first kappa shape index (κ1) is 7.86. The molecule has 58 valence electrons. The number of nitrogens with zero attached hydrogens (tertiary/aromatic N) is 2. The van der Waals surface area contributed by atoms with E-state index in [0.717, 1.165) is 0 Å². The van der Waals surface area contributed by atoms with Gasteiger partial charge in [-0.1, -0.05) is 13.8 Å². The van der Waals surface area contributed by atoms with Crippen LogP contribution in [0.1, 0.15) is 13.8 Å². The number of carbonyl (C=O) groups excluding carboxylic acids is 2. The summed E-state index contributed by atoms with van der Waals surface area (Å²) in [6.07, 6.45) is 2.92. The second kappa shape index (κ2) is 2.42. The second-order valence-electron chi connectivity index (χ2n) is 3.15. The van der Waals surface area contributed by atoms with Gasteiger partial charge >= 0.3 is 0 Å². The Labute approximate surface area is 64.0 Å². The van der Waals surface area contributed by atoms with Crippen LogP contribution in [0.2, 0.25) is 0 Å². The predicted octanol–water partition coefficient (Wildman–Crippen LogP) is 0.435. The molecule has 0 saturated heterocycles. The van der Waals surface area contributed by atoms with E-state index in [1.807, 2.05) is 13.8 Å². The highest BCUT2D eigenvalue weighted by molar-refractivity contribution is 5.41. The van der Waals surface area contributed by atoms with E-state index in [0.29, 0.717) is 0 Å². The minimum absolute atomic E-state index is 0.172. The van der Waals surface area contributed by atoms with E-state index in [-0.39, 0.29) is 17.5 Å². The summed E-state index contributed by atoms with van der Waals surface area (Å²) in [5.41, 5.74) is -0.172. The van der Waals surface area contributed by atoms with Crippen LogP contribution in [0.5, 0.6) is 0 Å². The van der Waals surface area contributed by atoms with Gasteiger partial charge in [-0.3, -0.25) is 0 Å². The Morgan fingerprint density at radius 2 is 1.45 bits per heavy atom. The highest BCUT2D eigenvalue weighted by Gasteiger charge is 2.59. The maximum atomic E-state index is 9.86. The van der Waals surface area contributed by atoms with Gasteiger partial charge in [0.05, 0.1) is 12.1 Å². The molecule has 0 aromatic carbocycles. The molecule has 1 aliphatic rings. The zero-order chi connectivity index (χ0) is 8.48. The SMILES string of the molecule is CC1(C)C(N=C=O)C1N=C=O. The summed E-state index contributed by atoms with van der Waals surface area (Å²) >= 11 is 0. The molecule has 0 aromatic heterocycles. The summed E-state index contributed by atoms with van der Waals surface area (Å²) in [5, 5.41) is 0. The molecule has 0 aromatic rings. The predicted molar refractivity (Wildman–Crippen MR) is 37.6 cm³/mol. The normalized spacial score (nSPS) is 31.5. The number of isocyanates is 2. The lowest BCUT2D eigenvalue weighted by Crippen LogP contribution is -1.91. The van der Waals surface area contributed by atoms with Crippen molar-refractivity contribution in [1.29, 1.82) is 0 Å². The van der Waals surface area contributed by atoms with Crippen LogP contribution >= 0.6 is 0 Å². The van der Waals surface area contributed by atoms with Crippen molar-refractivity contribution in [2.45, 2.75) is 25.9 Å². The molecular formula is C7H8N2O2. The topological polar surface area (TPSA) is 58.9 Å². The molecule has 0 N–H and O–H groups in total. The Morgan fingerprint density at radius 1 is 1.09 bits per heavy atom. The van der Waals surface area contributed by atoms with Crippen molar-refractivity contribution in [1.82, 2.24) is 0 Å². The largest absolute Gasteiger partial charge is 0.235 e. The fraction of sp³-hybridized carbons (Fsp3) is 0.714. The maximum absolute atomic E-state index is 9.86. The standard InChI is InChI=1S/C7H8N2O2/c1-7(2)5(8-3-10)6(7)9-4-11/h5-6H,1-2H3. The number of hydrogen-bond donors (Lipinski definition) is 0. The van der Waals surface area contributed by atoms with Crippen molar-refractivity contribution in [2.75, 3.05) is 0 Å². The molecule has 0 spiro atoms. The van der Waals surface area contributed by atoms with Crippen LogP contribution in [0.4, 0.5) is 0 Å². The van der Waals surface area contributed by atoms with Crippen molar-refractivity contribution in [2.24, 2.45) is 15.4 Å². The highest BCUT2D eigenvalue weighted by Crippen LogP contribution is 2.49. The summed E-state index contributed by atoms with van der Waals surface area (Å²) in [6, 6.07) is -0.358. The van der Waals surface area contributed by atoms with E-state index in [1.165, 1.54) is 12.2 Å². The highest BCUT2D eigenvalue weighted by atomic mass is 16.1. The Morgan fingerprint density at radius 3 is 1.73 bits per heavy atom. The molecule has 4 nitrogen and oxygen atoms in total. The maximum Gasteiger partial charge on any atom is 0.235 e. The van der Waals surface area contributed by atoms with Gasteiger partial charge < -0.3 is 0 Å². The van der Waals surface area contributed by atoms with Crippen molar-refractivity contribution >= 4 is 12.2 Å². The van der Waals surface area contributed by atoms with Crippen LogP contribution in [-0.2, 0) is 9.59 Å². The zero-order valence-corrected chi connectivity index (χ0v) is 6.37. The molecule has 0 aliphatic heterocycles. The minimum atomic E-state index is -0.179. The van der Waals surface area contributed by atoms with E-state index < -0.39 is 0 Å². The van der Waals surface area contributed by atoms with Gasteiger partial charge in [0.15, 0.2) is 0 Å². The molecule has 2 unspecified atom stereocenters. The van der Waals surface area contributed by atoms with E-state index in [9.17, 15) is 9.59 Å². The van der Waals surface area contributed by atoms with E-state index in [1.54, 1.807) is 0 Å². The molecule has 0 bridgehead atoms. The van der Waals surface area contributed by atoms with Crippen LogP contribution in [0.25, 0.3) is 0 Å². The Hall–Kier alpha value is -1.24. The number of aliphatic imine (C=N–C) groups is 2. The fourth-order valence-electron chi connectivity index (χ4n) is 1.17. The third kappa shape index (κ3) is 1.14. The lowest BCUT2D eigenvalue weighted by atomic mass is 10.2. The van der Waals surface area contributed by atoms with Crippen LogP contribution in [-0.4, -0.2) is 24.2 Å². The van der Waals surface area contributed by atoms with E-state index in [4.69, 9.17) is 0 Å². The van der Waals surface area contributed by atoms with Gasteiger partial charge in [-0.15, -0.1) is 0 Å². The second-order valence-corrected chi connectivity index (χ2v) is 3.15. The number of hydrogen-bond acceptors (Lipinski definition) is 4. The first-order valence-electron chi connectivity index (χ1n) is 3.28. The molecule has 1 aliphatic carbocycles. The van der Waals surface area contributed by atoms with Gasteiger partial charge in [0.1, 0.15) is 0 Å². The van der Waals surface area contributed by atoms with Crippen LogP contribution in [0.15, 0.2) is 9.98 Å². The molecular weight excluding hydrogens is 144 g/mol. The van der Waals surface area contributed by atoms with Gasteiger partial charge in [-0.05, 0) is 0 Å². The summed E-state index contributed by atoms with van der Waals surface area (Å²) in [5.74, 6) is 0. The molecule has 0 radical (unpaired) electrons. The summed E-state index contributed by atoms with van der Waals surface area (Å²) in [6.45, 7) is 3.79. The zero-order valence-electron chi connectivity index (χ0n) is 6.37. The summed E-state index contributed by atoms with van der Waals surface area (Å²) < 4.78 is 0. The van der Waals surface area contributed by atoms with Crippen molar-refractivity contribution in [3.63, 3.8) is 0 Å². The molecule has 11 heavy (non-hydrogen) atoms. The van der Waals surface area contributed by atoms with Crippen LogP contribution in [0.3, 0.4) is 0 Å². The lowest BCUT2D eigenvalue weighted by molar-refractivity contribution is 0.553. The van der Waals surface area contributed by atoms with Gasteiger partial charge in [0.25, 0.3) is 0 Å². The molecule has 1 saturated carbocycles. The van der Waals surface area contributed by atoms with Gasteiger partial charge in [0, 0.05) is 5.41 Å². The molecule has 2 atom stereocenters. The molecule has 0 heterocycles. The number of rotatable bonds is 2. The minimum Gasteiger partial charge on any atom is -0.211 e. The van der Waals surface area contributed by atoms with E-state index >= 15 is 0 Å². The molecule has 1 fully saturated rings. The quantitative estimate of drug-likeness (QED) is 0.425. The van der Waals surface area contributed by atoms with Crippen molar-refractivity contribution < 1.29 is 9.59 Å². The van der Waals surface area contributed by atoms with Gasteiger partial charge in [-0.25, -0.2) is 9.59 Å². The summed E-state index contributed by atoms with van der Waals surface area (Å²) in [4.78, 5) is 26.7. The third-order valence-corrected chi connectivity index (χ3v) is 2.10. The Bertz CT molecular complexity index is 234. The fourth-order valence-corrected chi connectivity index (χ4v) is 1.17. The van der Waals surface area contributed by atoms with Crippen LogP contribution in [0, 0.1) is 5.41 Å². The third-order valence-electron chi connectivity index (χ3n) is 2.10. The Balaban J connectivity index is 2.75. The Kier molecular flexibility index (Phi) is 1.73. The average molecular weight is 152 g/mol. The van der Waals surface area contributed by atoms with E-state index in [2.05, 4.69) is 9.98 Å². The molecule has 4 heteroatoms. The summed E-state index contributed by atoms with van der Waals surface area (Å²) in [7, 11) is 0. The van der Waals surface area contributed by atoms with Gasteiger partial charge in [-0.2, -0.15) is 9.98 Å². The average Bonchev–Trinajstić information content (AvgIpc) is 2.41. The van der Waals surface area contributed by atoms with Crippen LogP contribution < -0.4 is 0 Å². The smallest absolute Gasteiger partial charge is 0.211 e. The molecule has 0 amide bonds. The lowest BCUT2D eigenvalue weighted by Gasteiger charge is -1.92.